The number of carbonyl (C=O) groups is 1. The molecule has 0 saturated heterocycles. The first-order chi connectivity index (χ1) is 12.7. The average Bonchev–Trinajstić information content (AvgIpc) is 3.33. The Morgan fingerprint density at radius 1 is 1.35 bits per heavy atom. The molecule has 1 aliphatic rings. The van der Waals surface area contributed by atoms with E-state index in [1.807, 2.05) is 12.3 Å². The molecule has 1 N–H and O–H groups in total. The summed E-state index contributed by atoms with van der Waals surface area (Å²) in [6.07, 6.45) is 8.57. The molecular formula is C18H20N6O2. The minimum Gasteiger partial charge on any atom is -0.472 e. The number of fused-ring (bicyclic) bond motifs is 1. The van der Waals surface area contributed by atoms with Crippen LogP contribution in [0.25, 0.3) is 0 Å². The van der Waals surface area contributed by atoms with Crippen molar-refractivity contribution in [2.45, 2.75) is 32.6 Å². The minimum absolute atomic E-state index is 0.123. The molecule has 4 heterocycles. The number of nitrogens with one attached hydrogen (secondary N) is 1. The van der Waals surface area contributed by atoms with Crippen LogP contribution in [0.3, 0.4) is 0 Å². The van der Waals surface area contributed by atoms with Gasteiger partial charge >= 0.3 is 0 Å². The second-order valence-corrected chi connectivity index (χ2v) is 6.30. The minimum atomic E-state index is -0.215. The van der Waals surface area contributed by atoms with Crippen LogP contribution in [0.2, 0.25) is 0 Å². The number of aromatic nitrogens is 4. The van der Waals surface area contributed by atoms with Crippen LogP contribution < -0.4 is 5.32 Å². The summed E-state index contributed by atoms with van der Waals surface area (Å²) in [5.74, 6) is 1.26. The van der Waals surface area contributed by atoms with Gasteiger partial charge < -0.3 is 14.3 Å². The Balaban J connectivity index is 1.43. The van der Waals surface area contributed by atoms with E-state index in [9.17, 15) is 4.79 Å². The Morgan fingerprint density at radius 2 is 2.19 bits per heavy atom. The maximum absolute atomic E-state index is 12.4. The van der Waals surface area contributed by atoms with Crippen molar-refractivity contribution in [3.63, 3.8) is 0 Å². The normalized spacial score (nSPS) is 17.0. The van der Waals surface area contributed by atoms with Gasteiger partial charge in [0.2, 0.25) is 0 Å². The van der Waals surface area contributed by atoms with E-state index >= 15 is 0 Å². The van der Waals surface area contributed by atoms with Crippen LogP contribution in [-0.4, -0.2) is 36.9 Å². The summed E-state index contributed by atoms with van der Waals surface area (Å²) in [5, 5.41) is 2.82. The Kier molecular flexibility index (Phi) is 4.49. The molecule has 8 heteroatoms. The number of hydrogen-bond donors (Lipinski definition) is 1. The number of furan rings is 1. The molecule has 0 aromatic carbocycles. The predicted molar refractivity (Wildman–Crippen MR) is 93.0 cm³/mol. The summed E-state index contributed by atoms with van der Waals surface area (Å²) in [4.78, 5) is 27.5. The number of hydrogen-bond acceptors (Lipinski definition) is 6. The smallest absolute Gasteiger partial charge is 0.271 e. The Bertz CT molecular complexity index is 874. The zero-order valence-corrected chi connectivity index (χ0v) is 14.5. The number of amides is 1. The van der Waals surface area contributed by atoms with E-state index in [2.05, 4.69) is 36.7 Å². The van der Waals surface area contributed by atoms with E-state index in [0.29, 0.717) is 11.5 Å². The van der Waals surface area contributed by atoms with Gasteiger partial charge in [0.15, 0.2) is 0 Å². The first-order valence-electron chi connectivity index (χ1n) is 8.57. The van der Waals surface area contributed by atoms with E-state index in [4.69, 9.17) is 4.42 Å². The van der Waals surface area contributed by atoms with Crippen LogP contribution in [0.1, 0.15) is 40.7 Å². The number of imidazole rings is 1. The highest BCUT2D eigenvalue weighted by molar-refractivity contribution is 5.92. The second-order valence-electron chi connectivity index (χ2n) is 6.30. The summed E-state index contributed by atoms with van der Waals surface area (Å²) in [5.41, 5.74) is 1.56. The van der Waals surface area contributed by atoms with Gasteiger partial charge in [-0.1, -0.05) is 0 Å². The summed E-state index contributed by atoms with van der Waals surface area (Å²) in [6.45, 7) is 4.90. The molecule has 134 valence electrons. The van der Waals surface area contributed by atoms with Crippen molar-refractivity contribution >= 4 is 5.91 Å². The van der Waals surface area contributed by atoms with Gasteiger partial charge in [-0.2, -0.15) is 0 Å². The topological polar surface area (TPSA) is 89.1 Å². The van der Waals surface area contributed by atoms with Crippen LogP contribution in [-0.2, 0) is 19.6 Å². The summed E-state index contributed by atoms with van der Waals surface area (Å²) in [7, 11) is 0. The molecule has 0 radical (unpaired) electrons. The SMILES string of the molecule is C[C@H]1c2nc(C(=O)NCc3ncccn3)cn2CCN1Cc1ccoc1. The fraction of sp³-hybridized carbons (Fsp3) is 0.333. The highest BCUT2D eigenvalue weighted by Crippen LogP contribution is 2.26. The van der Waals surface area contributed by atoms with Crippen molar-refractivity contribution in [3.8, 4) is 0 Å². The third kappa shape index (κ3) is 3.36. The zero-order valence-electron chi connectivity index (χ0n) is 14.5. The van der Waals surface area contributed by atoms with Crippen LogP contribution >= 0.6 is 0 Å². The van der Waals surface area contributed by atoms with E-state index in [1.165, 1.54) is 0 Å². The van der Waals surface area contributed by atoms with Gasteiger partial charge in [0.25, 0.3) is 5.91 Å². The fourth-order valence-electron chi connectivity index (χ4n) is 3.15. The quantitative estimate of drug-likeness (QED) is 0.753. The van der Waals surface area contributed by atoms with E-state index in [1.54, 1.807) is 31.0 Å². The molecule has 1 atom stereocenters. The number of rotatable bonds is 5. The van der Waals surface area contributed by atoms with Crippen molar-refractivity contribution in [1.82, 2.24) is 29.7 Å². The Morgan fingerprint density at radius 3 is 2.96 bits per heavy atom. The molecule has 26 heavy (non-hydrogen) atoms. The molecule has 1 aliphatic heterocycles. The van der Waals surface area contributed by atoms with Crippen molar-refractivity contribution in [1.29, 1.82) is 0 Å². The van der Waals surface area contributed by atoms with E-state index in [-0.39, 0.29) is 18.5 Å². The maximum atomic E-state index is 12.4. The predicted octanol–water partition coefficient (Wildman–Crippen LogP) is 1.77. The third-order valence-electron chi connectivity index (χ3n) is 4.58. The lowest BCUT2D eigenvalue weighted by molar-refractivity contribution is 0.0945. The highest BCUT2D eigenvalue weighted by Gasteiger charge is 2.27. The van der Waals surface area contributed by atoms with Gasteiger partial charge in [-0.25, -0.2) is 15.0 Å². The summed E-state index contributed by atoms with van der Waals surface area (Å²) in [6, 6.07) is 3.83. The highest BCUT2D eigenvalue weighted by atomic mass is 16.3. The Labute approximate surface area is 150 Å². The average molecular weight is 352 g/mol. The maximum Gasteiger partial charge on any atom is 0.271 e. The Hall–Kier alpha value is -3.00. The fourth-order valence-corrected chi connectivity index (χ4v) is 3.15. The molecule has 0 saturated carbocycles. The molecule has 0 fully saturated rings. The molecule has 1 amide bonds. The van der Waals surface area contributed by atoms with Crippen LogP contribution in [0.5, 0.6) is 0 Å². The summed E-state index contributed by atoms with van der Waals surface area (Å²) < 4.78 is 7.21. The molecule has 0 bridgehead atoms. The van der Waals surface area contributed by atoms with Crippen molar-refractivity contribution < 1.29 is 9.21 Å². The van der Waals surface area contributed by atoms with E-state index < -0.39 is 0 Å². The van der Waals surface area contributed by atoms with Crippen molar-refractivity contribution in [2.24, 2.45) is 0 Å². The van der Waals surface area contributed by atoms with Crippen molar-refractivity contribution in [3.05, 3.63) is 66.2 Å². The zero-order chi connectivity index (χ0) is 17.9. The van der Waals surface area contributed by atoms with Crippen LogP contribution in [0, 0.1) is 0 Å². The van der Waals surface area contributed by atoms with Crippen molar-refractivity contribution in [2.75, 3.05) is 6.54 Å². The number of nitrogens with zero attached hydrogens (tertiary/aromatic N) is 5. The molecule has 3 aromatic heterocycles. The first kappa shape index (κ1) is 16.5. The van der Waals surface area contributed by atoms with Gasteiger partial charge in [0.05, 0.1) is 25.1 Å². The van der Waals surface area contributed by atoms with Gasteiger partial charge in [0, 0.05) is 43.8 Å². The van der Waals surface area contributed by atoms with Gasteiger partial charge in [-0.05, 0) is 19.1 Å². The lowest BCUT2D eigenvalue weighted by Gasteiger charge is -2.33. The van der Waals surface area contributed by atoms with Gasteiger partial charge in [-0.3, -0.25) is 9.69 Å². The second kappa shape index (κ2) is 7.09. The molecule has 0 spiro atoms. The van der Waals surface area contributed by atoms with E-state index in [0.717, 1.165) is 31.0 Å². The monoisotopic (exact) mass is 352 g/mol. The molecule has 3 aromatic rings. The number of carbonyl (C=O) groups excluding carboxylic acids is 1. The lowest BCUT2D eigenvalue weighted by Crippen LogP contribution is -2.36. The lowest BCUT2D eigenvalue weighted by atomic mass is 10.2. The summed E-state index contributed by atoms with van der Waals surface area (Å²) >= 11 is 0. The van der Waals surface area contributed by atoms with Gasteiger partial charge in [-0.15, -0.1) is 0 Å². The molecular weight excluding hydrogens is 332 g/mol. The molecule has 4 rings (SSSR count). The van der Waals surface area contributed by atoms with Gasteiger partial charge in [0.1, 0.15) is 17.3 Å². The largest absolute Gasteiger partial charge is 0.472 e. The molecule has 8 nitrogen and oxygen atoms in total. The molecule has 0 unspecified atom stereocenters. The van der Waals surface area contributed by atoms with Crippen LogP contribution in [0.4, 0.5) is 0 Å². The first-order valence-corrected chi connectivity index (χ1v) is 8.57. The third-order valence-corrected chi connectivity index (χ3v) is 4.58. The van der Waals surface area contributed by atoms with Crippen LogP contribution in [0.15, 0.2) is 47.7 Å². The molecule has 0 aliphatic carbocycles. The standard InChI is InChI=1S/C18H20N6O2/c1-13-17-22-15(18(25)21-9-16-19-4-2-5-20-16)11-24(17)7-6-23(13)10-14-3-8-26-12-14/h2-5,8,11-13H,6-7,9-10H2,1H3,(H,21,25)/t13-/m0/s1.